The van der Waals surface area contributed by atoms with Crippen molar-refractivity contribution >= 4 is 6.09 Å². The van der Waals surface area contributed by atoms with Gasteiger partial charge in [-0.2, -0.15) is 4.98 Å². The minimum atomic E-state index is -1.43. The summed E-state index contributed by atoms with van der Waals surface area (Å²) in [6, 6.07) is 9.84. The van der Waals surface area contributed by atoms with E-state index >= 15 is 0 Å². The number of pyridine rings is 1. The van der Waals surface area contributed by atoms with Crippen molar-refractivity contribution in [3.63, 3.8) is 0 Å². The van der Waals surface area contributed by atoms with E-state index in [4.69, 9.17) is 9.26 Å². The molecule has 0 saturated carbocycles. The Bertz CT molecular complexity index is 1210. The van der Waals surface area contributed by atoms with Gasteiger partial charge in [0.15, 0.2) is 0 Å². The van der Waals surface area contributed by atoms with E-state index in [0.29, 0.717) is 41.8 Å². The van der Waals surface area contributed by atoms with Crippen molar-refractivity contribution in [3.8, 4) is 11.4 Å². The zero-order valence-corrected chi connectivity index (χ0v) is 21.5. The molecule has 4 rings (SSSR count). The largest absolute Gasteiger partial charge is 0.444 e. The maximum atomic E-state index is 12.7. The van der Waals surface area contributed by atoms with Crippen LogP contribution < -0.4 is 0 Å². The van der Waals surface area contributed by atoms with Crippen molar-refractivity contribution in [1.82, 2.24) is 20.0 Å². The van der Waals surface area contributed by atoms with Gasteiger partial charge in [0.2, 0.25) is 11.7 Å². The lowest BCUT2D eigenvalue weighted by atomic mass is 9.62. The number of aryl methyl sites for hydroxylation is 1. The van der Waals surface area contributed by atoms with E-state index in [1.807, 2.05) is 58.0 Å². The Kier molecular flexibility index (Phi) is 6.21. The number of amides is 1. The second-order valence-electron chi connectivity index (χ2n) is 11.0. The second kappa shape index (κ2) is 8.75. The zero-order chi connectivity index (χ0) is 25.6. The number of aliphatic hydroxyl groups is 1. The number of benzene rings is 1. The Labute approximate surface area is 206 Å². The molecule has 0 bridgehead atoms. The summed E-state index contributed by atoms with van der Waals surface area (Å²) in [4.78, 5) is 23.0. The van der Waals surface area contributed by atoms with Gasteiger partial charge in [0, 0.05) is 48.9 Å². The molecular formula is C27H34N4O4. The molecule has 0 spiro atoms. The molecule has 3 heterocycles. The van der Waals surface area contributed by atoms with Gasteiger partial charge < -0.3 is 19.3 Å². The van der Waals surface area contributed by atoms with Gasteiger partial charge in [0.1, 0.15) is 11.2 Å². The third-order valence-corrected chi connectivity index (χ3v) is 6.54. The highest BCUT2D eigenvalue weighted by atomic mass is 16.6. The molecule has 1 amide bonds. The fourth-order valence-electron chi connectivity index (χ4n) is 4.63. The number of likely N-dealkylation sites (tertiary alicyclic amines) is 1. The minimum absolute atomic E-state index is 0.329. The highest BCUT2D eigenvalue weighted by Gasteiger charge is 2.58. The van der Waals surface area contributed by atoms with Crippen molar-refractivity contribution in [2.75, 3.05) is 13.1 Å². The summed E-state index contributed by atoms with van der Waals surface area (Å²) in [7, 11) is 0. The van der Waals surface area contributed by atoms with Gasteiger partial charge in [-0.3, -0.25) is 4.98 Å². The quantitative estimate of drug-likeness (QED) is 0.547. The van der Waals surface area contributed by atoms with Crippen molar-refractivity contribution < 1.29 is 19.2 Å². The van der Waals surface area contributed by atoms with Crippen LogP contribution in [0.15, 0.2) is 47.2 Å². The predicted molar refractivity (Wildman–Crippen MR) is 132 cm³/mol. The van der Waals surface area contributed by atoms with Crippen LogP contribution in [0.25, 0.3) is 11.4 Å². The molecule has 0 unspecified atom stereocenters. The van der Waals surface area contributed by atoms with E-state index in [9.17, 15) is 9.90 Å². The van der Waals surface area contributed by atoms with Gasteiger partial charge in [-0.15, -0.1) is 0 Å². The maximum Gasteiger partial charge on any atom is 0.410 e. The van der Waals surface area contributed by atoms with Gasteiger partial charge in [-0.05, 0) is 43.9 Å². The highest BCUT2D eigenvalue weighted by molar-refractivity contribution is 5.70. The molecule has 8 heteroatoms. The average molecular weight is 479 g/mol. The molecule has 1 N–H and O–H groups in total. The molecule has 35 heavy (non-hydrogen) atoms. The first kappa shape index (κ1) is 24.9. The van der Waals surface area contributed by atoms with Crippen molar-refractivity contribution in [1.29, 1.82) is 0 Å². The van der Waals surface area contributed by atoms with Gasteiger partial charge in [0.05, 0.1) is 0 Å². The fraction of sp³-hybridized carbons (Fsp3) is 0.481. The number of hydrogen-bond donors (Lipinski definition) is 1. The molecule has 1 fully saturated rings. The van der Waals surface area contributed by atoms with Crippen molar-refractivity contribution in [3.05, 3.63) is 65.3 Å². The van der Waals surface area contributed by atoms with E-state index in [1.165, 1.54) is 5.56 Å². The van der Waals surface area contributed by atoms with E-state index in [-0.39, 0.29) is 6.09 Å². The van der Waals surface area contributed by atoms with Crippen LogP contribution in [0.2, 0.25) is 0 Å². The number of ether oxygens (including phenoxy) is 1. The summed E-state index contributed by atoms with van der Waals surface area (Å²) in [5.74, 6) is 1.22. The third-order valence-electron chi connectivity index (χ3n) is 6.54. The van der Waals surface area contributed by atoms with E-state index in [2.05, 4.69) is 29.0 Å². The highest BCUT2D eigenvalue weighted by Crippen LogP contribution is 2.51. The van der Waals surface area contributed by atoms with Gasteiger partial charge in [-0.1, -0.05) is 50.2 Å². The lowest BCUT2D eigenvalue weighted by Crippen LogP contribution is -2.66. The number of carbonyl (C=O) groups excluding carboxylic acids is 1. The van der Waals surface area contributed by atoms with Crippen molar-refractivity contribution in [2.45, 2.75) is 65.6 Å². The molecule has 3 aromatic rings. The summed E-state index contributed by atoms with van der Waals surface area (Å²) in [6.45, 7) is 14.1. The van der Waals surface area contributed by atoms with E-state index in [1.54, 1.807) is 24.2 Å². The summed E-state index contributed by atoms with van der Waals surface area (Å²) >= 11 is 0. The van der Waals surface area contributed by atoms with Crippen molar-refractivity contribution in [2.24, 2.45) is 5.41 Å². The number of nitrogens with zero attached hydrogens (tertiary/aromatic N) is 4. The number of aromatic nitrogens is 3. The smallest absolute Gasteiger partial charge is 0.410 e. The zero-order valence-electron chi connectivity index (χ0n) is 21.5. The molecule has 0 aliphatic carbocycles. The summed E-state index contributed by atoms with van der Waals surface area (Å²) < 4.78 is 10.7. The average Bonchev–Trinajstić information content (AvgIpc) is 3.21. The topological polar surface area (TPSA) is 102 Å². The Hall–Kier alpha value is -3.26. The first-order valence-electron chi connectivity index (χ1n) is 11.9. The molecule has 1 aliphatic rings. The first-order valence-corrected chi connectivity index (χ1v) is 11.9. The maximum absolute atomic E-state index is 12.7. The van der Waals surface area contributed by atoms with Crippen LogP contribution in [0.4, 0.5) is 4.79 Å². The molecule has 0 radical (unpaired) electrons. The number of rotatable bonds is 5. The third kappa shape index (κ3) is 4.67. The van der Waals surface area contributed by atoms with Crippen LogP contribution in [0.1, 0.15) is 70.0 Å². The van der Waals surface area contributed by atoms with Gasteiger partial charge in [-0.25, -0.2) is 4.79 Å². The van der Waals surface area contributed by atoms with Crippen LogP contribution in [-0.2, 0) is 10.3 Å². The van der Waals surface area contributed by atoms with E-state index in [0.717, 1.165) is 5.56 Å². The summed E-state index contributed by atoms with van der Waals surface area (Å²) in [5.41, 5.74) is 0.451. The van der Waals surface area contributed by atoms with Crippen LogP contribution in [-0.4, -0.2) is 49.9 Å². The Morgan fingerprint density at radius 2 is 1.80 bits per heavy atom. The lowest BCUT2D eigenvalue weighted by Gasteiger charge is -2.56. The monoisotopic (exact) mass is 478 g/mol. The predicted octanol–water partition coefficient (Wildman–Crippen LogP) is 5.06. The standard InChI is InChI=1S/C27H34N4O4/c1-17(2)19-8-10-21(11-9-19)27(33,26(7)15-31(16-26)24(32)34-25(4,5)6)22-12-20(13-28-14-22)23-29-18(3)35-30-23/h8-14,17,33H,15-16H2,1-7H3/t27-/m0/s1. The number of carbonyl (C=O) groups is 1. The number of hydrogen-bond acceptors (Lipinski definition) is 7. The Balaban J connectivity index is 1.75. The summed E-state index contributed by atoms with van der Waals surface area (Å²) in [6.07, 6.45) is 2.92. The molecule has 1 saturated heterocycles. The summed E-state index contributed by atoms with van der Waals surface area (Å²) in [5, 5.41) is 16.5. The van der Waals surface area contributed by atoms with Gasteiger partial charge >= 0.3 is 6.09 Å². The Morgan fingerprint density at radius 1 is 1.14 bits per heavy atom. The molecular weight excluding hydrogens is 444 g/mol. The molecule has 1 aromatic carbocycles. The second-order valence-corrected chi connectivity index (χ2v) is 11.0. The SMILES string of the molecule is Cc1nc(-c2cncc([C@@](O)(c3ccc(C(C)C)cc3)C3(C)CN(C(=O)OC(C)(C)C)C3)c2)no1. The van der Waals surface area contributed by atoms with E-state index < -0.39 is 16.6 Å². The molecule has 186 valence electrons. The normalized spacial score (nSPS) is 17.1. The molecule has 2 aromatic heterocycles. The lowest BCUT2D eigenvalue weighted by molar-refractivity contribution is -0.131. The molecule has 1 aliphatic heterocycles. The fourth-order valence-corrected chi connectivity index (χ4v) is 4.63. The first-order chi connectivity index (χ1) is 16.3. The van der Waals surface area contributed by atoms with Crippen LogP contribution in [0, 0.1) is 12.3 Å². The molecule has 1 atom stereocenters. The van der Waals surface area contributed by atoms with Crippen LogP contribution in [0.5, 0.6) is 0 Å². The molecule has 8 nitrogen and oxygen atoms in total. The Morgan fingerprint density at radius 3 is 2.34 bits per heavy atom. The minimum Gasteiger partial charge on any atom is -0.444 e. The van der Waals surface area contributed by atoms with Gasteiger partial charge in [0.25, 0.3) is 0 Å². The van der Waals surface area contributed by atoms with Crippen LogP contribution in [0.3, 0.4) is 0 Å². The van der Waals surface area contributed by atoms with Crippen LogP contribution >= 0.6 is 0 Å².